The van der Waals surface area contributed by atoms with Crippen molar-refractivity contribution in [3.8, 4) is 0 Å². The fourth-order valence-electron chi connectivity index (χ4n) is 4.28. The van der Waals surface area contributed by atoms with Crippen LogP contribution in [0.25, 0.3) is 10.8 Å². The van der Waals surface area contributed by atoms with Crippen molar-refractivity contribution in [3.05, 3.63) is 42.2 Å². The normalized spacial score (nSPS) is 28.5. The molecule has 0 aliphatic heterocycles. The first-order chi connectivity index (χ1) is 10.4. The van der Waals surface area contributed by atoms with Gasteiger partial charge in [-0.05, 0) is 67.0 Å². The van der Waals surface area contributed by atoms with Gasteiger partial charge in [-0.3, -0.25) is 4.98 Å². The second-order valence-electron chi connectivity index (χ2n) is 6.86. The maximum atomic E-state index is 4.27. The van der Waals surface area contributed by atoms with E-state index in [-0.39, 0.29) is 0 Å². The van der Waals surface area contributed by atoms with Crippen molar-refractivity contribution in [2.75, 3.05) is 6.54 Å². The molecule has 0 amide bonds. The van der Waals surface area contributed by atoms with Gasteiger partial charge in [-0.1, -0.05) is 25.1 Å². The number of fused-ring (bicyclic) bond motifs is 2. The third-order valence-electron chi connectivity index (χ3n) is 5.42. The fourth-order valence-corrected chi connectivity index (χ4v) is 4.28. The molecular weight excluding hydrogens is 256 g/mol. The van der Waals surface area contributed by atoms with Crippen LogP contribution in [0.1, 0.15) is 44.2 Å². The molecular formula is C19H24N2. The van der Waals surface area contributed by atoms with Gasteiger partial charge in [0.15, 0.2) is 0 Å². The number of hydrogen-bond acceptors (Lipinski definition) is 2. The van der Waals surface area contributed by atoms with Crippen LogP contribution in [-0.4, -0.2) is 11.5 Å². The van der Waals surface area contributed by atoms with Crippen LogP contribution in [0.4, 0.5) is 0 Å². The molecule has 2 aromatic rings. The Morgan fingerprint density at radius 1 is 1.19 bits per heavy atom. The number of aromatic nitrogens is 1. The Morgan fingerprint density at radius 2 is 2.05 bits per heavy atom. The molecule has 1 heterocycles. The van der Waals surface area contributed by atoms with Crippen LogP contribution in [0, 0.1) is 17.8 Å². The molecule has 1 aromatic carbocycles. The highest BCUT2D eigenvalue weighted by atomic mass is 14.9. The number of hydrogen-bond donors (Lipinski definition) is 1. The quantitative estimate of drug-likeness (QED) is 0.882. The van der Waals surface area contributed by atoms with Gasteiger partial charge in [-0.2, -0.15) is 0 Å². The summed E-state index contributed by atoms with van der Waals surface area (Å²) in [5.41, 5.74) is 1.48. The largest absolute Gasteiger partial charge is 0.310 e. The molecule has 0 bridgehead atoms. The number of nitrogens with one attached hydrogen (secondary N) is 1. The molecule has 3 atom stereocenters. The van der Waals surface area contributed by atoms with Gasteiger partial charge in [0.2, 0.25) is 0 Å². The third kappa shape index (κ3) is 2.46. The summed E-state index contributed by atoms with van der Waals surface area (Å²) in [6, 6.07) is 9.38. The Hall–Kier alpha value is -1.41. The molecule has 2 saturated carbocycles. The first-order valence-electron chi connectivity index (χ1n) is 8.43. The molecule has 1 N–H and O–H groups in total. The van der Waals surface area contributed by atoms with Crippen LogP contribution < -0.4 is 5.32 Å². The lowest BCUT2D eigenvalue weighted by Gasteiger charge is -2.27. The Balaban J connectivity index is 1.70. The van der Waals surface area contributed by atoms with Crippen molar-refractivity contribution in [3.63, 3.8) is 0 Å². The van der Waals surface area contributed by atoms with Crippen molar-refractivity contribution in [2.24, 2.45) is 17.8 Å². The first-order valence-corrected chi connectivity index (χ1v) is 8.43. The minimum absolute atomic E-state index is 0.517. The monoisotopic (exact) mass is 280 g/mol. The lowest BCUT2D eigenvalue weighted by Crippen LogP contribution is -2.28. The summed E-state index contributed by atoms with van der Waals surface area (Å²) in [6.07, 6.45) is 9.45. The van der Waals surface area contributed by atoms with Crippen molar-refractivity contribution in [2.45, 2.75) is 38.6 Å². The first kappa shape index (κ1) is 13.3. The van der Waals surface area contributed by atoms with E-state index in [0.29, 0.717) is 6.04 Å². The van der Waals surface area contributed by atoms with Crippen LogP contribution in [-0.2, 0) is 0 Å². The predicted molar refractivity (Wildman–Crippen MR) is 87.1 cm³/mol. The van der Waals surface area contributed by atoms with Crippen LogP contribution in [0.3, 0.4) is 0 Å². The Labute approximate surface area is 127 Å². The van der Waals surface area contributed by atoms with Gasteiger partial charge < -0.3 is 5.32 Å². The van der Waals surface area contributed by atoms with Gasteiger partial charge in [0.1, 0.15) is 0 Å². The second-order valence-corrected chi connectivity index (χ2v) is 6.86. The van der Waals surface area contributed by atoms with Gasteiger partial charge in [0.05, 0.1) is 0 Å². The molecule has 2 nitrogen and oxygen atoms in total. The molecule has 2 aliphatic carbocycles. The molecule has 0 spiro atoms. The molecule has 0 saturated heterocycles. The third-order valence-corrected chi connectivity index (χ3v) is 5.42. The summed E-state index contributed by atoms with van der Waals surface area (Å²) in [4.78, 5) is 4.27. The van der Waals surface area contributed by atoms with Gasteiger partial charge in [0.25, 0.3) is 0 Å². The smallest absolute Gasteiger partial charge is 0.0355 e. The predicted octanol–water partition coefficient (Wildman–Crippen LogP) is 4.32. The van der Waals surface area contributed by atoms with E-state index in [4.69, 9.17) is 0 Å². The van der Waals surface area contributed by atoms with Crippen LogP contribution in [0.5, 0.6) is 0 Å². The van der Waals surface area contributed by atoms with E-state index in [1.54, 1.807) is 0 Å². The van der Waals surface area contributed by atoms with E-state index in [9.17, 15) is 0 Å². The minimum Gasteiger partial charge on any atom is -0.310 e. The minimum atomic E-state index is 0.517. The highest BCUT2D eigenvalue weighted by Gasteiger charge is 2.48. The summed E-state index contributed by atoms with van der Waals surface area (Å²) < 4.78 is 0. The van der Waals surface area contributed by atoms with E-state index < -0.39 is 0 Å². The number of pyridine rings is 1. The highest BCUT2D eigenvalue weighted by Crippen LogP contribution is 2.57. The summed E-state index contributed by atoms with van der Waals surface area (Å²) in [6.45, 7) is 3.36. The maximum absolute atomic E-state index is 4.27. The lowest BCUT2D eigenvalue weighted by atomic mass is 9.87. The van der Waals surface area contributed by atoms with Gasteiger partial charge in [-0.25, -0.2) is 0 Å². The maximum Gasteiger partial charge on any atom is 0.0355 e. The average Bonchev–Trinajstić information content (AvgIpc) is 3.14. The number of rotatable bonds is 5. The Kier molecular flexibility index (Phi) is 3.42. The number of benzene rings is 1. The van der Waals surface area contributed by atoms with Crippen molar-refractivity contribution in [1.82, 2.24) is 10.3 Å². The zero-order valence-corrected chi connectivity index (χ0v) is 12.8. The van der Waals surface area contributed by atoms with Crippen LogP contribution in [0.15, 0.2) is 36.7 Å². The zero-order chi connectivity index (χ0) is 14.2. The van der Waals surface area contributed by atoms with Crippen molar-refractivity contribution >= 4 is 10.8 Å². The SMILES string of the molecule is CCCNC(c1cccc2cnccc12)C1CC2CC2C1. The molecule has 4 rings (SSSR count). The molecule has 3 unspecified atom stereocenters. The summed E-state index contributed by atoms with van der Waals surface area (Å²) in [7, 11) is 0. The topological polar surface area (TPSA) is 24.9 Å². The van der Waals surface area contributed by atoms with Gasteiger partial charge in [-0.15, -0.1) is 0 Å². The van der Waals surface area contributed by atoms with Gasteiger partial charge in [0, 0.05) is 23.8 Å². The summed E-state index contributed by atoms with van der Waals surface area (Å²) in [5.74, 6) is 2.90. The molecule has 110 valence electrons. The molecule has 21 heavy (non-hydrogen) atoms. The lowest BCUT2D eigenvalue weighted by molar-refractivity contribution is 0.343. The summed E-state index contributed by atoms with van der Waals surface area (Å²) in [5, 5.41) is 6.48. The van der Waals surface area contributed by atoms with E-state index in [1.807, 2.05) is 12.4 Å². The summed E-state index contributed by atoms with van der Waals surface area (Å²) >= 11 is 0. The van der Waals surface area contributed by atoms with Crippen molar-refractivity contribution < 1.29 is 0 Å². The fraction of sp³-hybridized carbons (Fsp3) is 0.526. The van der Waals surface area contributed by atoms with Gasteiger partial charge >= 0.3 is 0 Å². The Morgan fingerprint density at radius 3 is 2.86 bits per heavy atom. The van der Waals surface area contributed by atoms with Crippen molar-refractivity contribution in [1.29, 1.82) is 0 Å². The van der Waals surface area contributed by atoms with E-state index in [2.05, 4.69) is 41.5 Å². The van der Waals surface area contributed by atoms with Crippen LogP contribution in [0.2, 0.25) is 0 Å². The average molecular weight is 280 g/mol. The molecule has 2 heteroatoms. The second kappa shape index (κ2) is 5.42. The number of nitrogens with zero attached hydrogens (tertiary/aromatic N) is 1. The standard InChI is InChI=1S/C19H24N2/c1-2-7-21-19(16-10-14-9-15(14)11-16)18-5-3-4-13-12-20-8-6-17(13)18/h3-6,8,12,14-16,19,21H,2,7,9-11H2,1H3. The molecule has 2 fully saturated rings. The highest BCUT2D eigenvalue weighted by molar-refractivity contribution is 5.85. The van der Waals surface area contributed by atoms with E-state index >= 15 is 0 Å². The van der Waals surface area contributed by atoms with E-state index in [1.165, 1.54) is 42.0 Å². The van der Waals surface area contributed by atoms with E-state index in [0.717, 1.165) is 24.3 Å². The van der Waals surface area contributed by atoms with Crippen LogP contribution >= 0.6 is 0 Å². The molecule has 0 radical (unpaired) electrons. The Bertz CT molecular complexity index is 621. The molecule has 1 aromatic heterocycles. The zero-order valence-electron chi connectivity index (χ0n) is 12.8. The molecule has 2 aliphatic rings.